The largest absolute Gasteiger partial charge is 0.313 e. The molecule has 0 bridgehead atoms. The number of nitrogens with zero attached hydrogens (tertiary/aromatic N) is 1. The predicted molar refractivity (Wildman–Crippen MR) is 67.5 cm³/mol. The van der Waals surface area contributed by atoms with Gasteiger partial charge in [-0.2, -0.15) is 0 Å². The van der Waals surface area contributed by atoms with Gasteiger partial charge in [0.05, 0.1) is 0 Å². The fraction of sp³-hybridized carbons (Fsp3) is 1.00. The van der Waals surface area contributed by atoms with Crippen LogP contribution in [0.2, 0.25) is 0 Å². The van der Waals surface area contributed by atoms with Crippen LogP contribution < -0.4 is 5.32 Å². The molecule has 1 saturated heterocycles. The summed E-state index contributed by atoms with van der Waals surface area (Å²) >= 11 is 0. The van der Waals surface area contributed by atoms with E-state index in [1.807, 2.05) is 0 Å². The van der Waals surface area contributed by atoms with Crippen molar-refractivity contribution in [3.63, 3.8) is 0 Å². The van der Waals surface area contributed by atoms with Crippen molar-refractivity contribution in [1.82, 2.24) is 10.2 Å². The van der Waals surface area contributed by atoms with E-state index in [1.165, 1.54) is 58.2 Å². The van der Waals surface area contributed by atoms with Gasteiger partial charge in [0, 0.05) is 25.2 Å². The van der Waals surface area contributed by atoms with Gasteiger partial charge in [0.1, 0.15) is 0 Å². The van der Waals surface area contributed by atoms with E-state index < -0.39 is 0 Å². The lowest BCUT2D eigenvalue weighted by Crippen LogP contribution is -2.46. The molecule has 16 heavy (non-hydrogen) atoms. The van der Waals surface area contributed by atoms with Gasteiger partial charge in [-0.05, 0) is 56.9 Å². The Bertz CT molecular complexity index is 233. The number of hydrogen-bond acceptors (Lipinski definition) is 2. The van der Waals surface area contributed by atoms with Crippen LogP contribution in [-0.4, -0.2) is 36.6 Å². The van der Waals surface area contributed by atoms with Crippen molar-refractivity contribution in [2.45, 2.75) is 57.5 Å². The number of nitrogens with one attached hydrogen (secondary N) is 1. The first-order valence-corrected chi connectivity index (χ1v) is 7.28. The first-order valence-electron chi connectivity index (χ1n) is 7.28. The highest BCUT2D eigenvalue weighted by molar-refractivity contribution is 4.91. The standard InChI is InChI=1S/C14H26N2/c1-11-6-7-15-13(8-11)10-16(14-4-5-14)9-12-2-3-12/h11-15H,2-10H2,1H3. The Balaban J connectivity index is 1.49. The minimum atomic E-state index is 0.781. The van der Waals surface area contributed by atoms with Crippen molar-refractivity contribution in [3.05, 3.63) is 0 Å². The Morgan fingerprint density at radius 2 is 1.88 bits per heavy atom. The van der Waals surface area contributed by atoms with Gasteiger partial charge in [0.15, 0.2) is 0 Å². The van der Waals surface area contributed by atoms with E-state index in [0.717, 1.165) is 23.9 Å². The van der Waals surface area contributed by atoms with Gasteiger partial charge in [-0.3, -0.25) is 4.90 Å². The third kappa shape index (κ3) is 2.98. The molecule has 0 aromatic heterocycles. The fourth-order valence-electron chi connectivity index (χ4n) is 3.09. The summed E-state index contributed by atoms with van der Waals surface area (Å²) in [6.07, 6.45) is 8.70. The van der Waals surface area contributed by atoms with Crippen molar-refractivity contribution < 1.29 is 0 Å². The van der Waals surface area contributed by atoms with Crippen molar-refractivity contribution in [2.24, 2.45) is 11.8 Å². The molecule has 0 aromatic rings. The average molecular weight is 222 g/mol. The van der Waals surface area contributed by atoms with Crippen LogP contribution in [-0.2, 0) is 0 Å². The van der Waals surface area contributed by atoms with Gasteiger partial charge in [-0.1, -0.05) is 6.92 Å². The molecule has 2 saturated carbocycles. The average Bonchev–Trinajstić information content (AvgIpc) is 3.12. The molecule has 1 N–H and O–H groups in total. The lowest BCUT2D eigenvalue weighted by Gasteiger charge is -2.33. The van der Waals surface area contributed by atoms with E-state index in [4.69, 9.17) is 0 Å². The van der Waals surface area contributed by atoms with Crippen molar-refractivity contribution in [2.75, 3.05) is 19.6 Å². The van der Waals surface area contributed by atoms with Crippen LogP contribution in [0.5, 0.6) is 0 Å². The highest BCUT2D eigenvalue weighted by atomic mass is 15.2. The summed E-state index contributed by atoms with van der Waals surface area (Å²) < 4.78 is 0. The van der Waals surface area contributed by atoms with Crippen molar-refractivity contribution in [3.8, 4) is 0 Å². The summed E-state index contributed by atoms with van der Waals surface area (Å²) in [5.41, 5.74) is 0. The number of rotatable bonds is 5. The Kier molecular flexibility index (Phi) is 3.21. The second-order valence-electron chi connectivity index (χ2n) is 6.41. The van der Waals surface area contributed by atoms with Crippen LogP contribution >= 0.6 is 0 Å². The van der Waals surface area contributed by atoms with Gasteiger partial charge in [0.2, 0.25) is 0 Å². The van der Waals surface area contributed by atoms with Crippen LogP contribution in [0, 0.1) is 11.8 Å². The maximum absolute atomic E-state index is 3.71. The topological polar surface area (TPSA) is 15.3 Å². The van der Waals surface area contributed by atoms with E-state index in [0.29, 0.717) is 0 Å². The third-order valence-corrected chi connectivity index (χ3v) is 4.46. The zero-order valence-corrected chi connectivity index (χ0v) is 10.6. The van der Waals surface area contributed by atoms with Gasteiger partial charge in [0.25, 0.3) is 0 Å². The Morgan fingerprint density at radius 3 is 2.50 bits per heavy atom. The van der Waals surface area contributed by atoms with E-state index in [-0.39, 0.29) is 0 Å². The van der Waals surface area contributed by atoms with Gasteiger partial charge in [-0.15, -0.1) is 0 Å². The molecular weight excluding hydrogens is 196 g/mol. The fourth-order valence-corrected chi connectivity index (χ4v) is 3.09. The van der Waals surface area contributed by atoms with Crippen molar-refractivity contribution in [1.29, 1.82) is 0 Å². The first kappa shape index (κ1) is 11.0. The second kappa shape index (κ2) is 4.66. The minimum absolute atomic E-state index is 0.781. The molecule has 2 unspecified atom stereocenters. The third-order valence-electron chi connectivity index (χ3n) is 4.46. The molecule has 92 valence electrons. The van der Waals surface area contributed by atoms with Crippen LogP contribution in [0.1, 0.15) is 45.4 Å². The summed E-state index contributed by atoms with van der Waals surface area (Å²) in [5, 5.41) is 3.71. The molecule has 2 nitrogen and oxygen atoms in total. The summed E-state index contributed by atoms with van der Waals surface area (Å²) in [4.78, 5) is 2.80. The zero-order valence-electron chi connectivity index (χ0n) is 10.6. The summed E-state index contributed by atoms with van der Waals surface area (Å²) in [7, 11) is 0. The van der Waals surface area contributed by atoms with E-state index in [9.17, 15) is 0 Å². The number of piperidine rings is 1. The summed E-state index contributed by atoms with van der Waals surface area (Å²) in [5.74, 6) is 2.00. The molecule has 3 aliphatic rings. The minimum Gasteiger partial charge on any atom is -0.313 e. The van der Waals surface area contributed by atoms with E-state index >= 15 is 0 Å². The maximum atomic E-state index is 3.71. The molecule has 3 fully saturated rings. The van der Waals surface area contributed by atoms with Gasteiger partial charge < -0.3 is 5.32 Å². The molecule has 2 aliphatic carbocycles. The molecule has 0 aromatic carbocycles. The number of hydrogen-bond donors (Lipinski definition) is 1. The lowest BCUT2D eigenvalue weighted by atomic mass is 9.94. The molecule has 0 radical (unpaired) electrons. The van der Waals surface area contributed by atoms with Crippen LogP contribution in [0.3, 0.4) is 0 Å². The van der Waals surface area contributed by atoms with Crippen LogP contribution in [0.25, 0.3) is 0 Å². The monoisotopic (exact) mass is 222 g/mol. The zero-order chi connectivity index (χ0) is 11.0. The molecule has 2 atom stereocenters. The molecule has 2 heteroatoms. The van der Waals surface area contributed by atoms with Crippen LogP contribution in [0.15, 0.2) is 0 Å². The Morgan fingerprint density at radius 1 is 1.06 bits per heavy atom. The lowest BCUT2D eigenvalue weighted by molar-refractivity contribution is 0.192. The predicted octanol–water partition coefficient (Wildman–Crippen LogP) is 2.25. The Hall–Kier alpha value is -0.0800. The molecule has 0 amide bonds. The second-order valence-corrected chi connectivity index (χ2v) is 6.41. The molecule has 1 aliphatic heterocycles. The highest BCUT2D eigenvalue weighted by Gasteiger charge is 2.35. The molecule has 1 heterocycles. The quantitative estimate of drug-likeness (QED) is 0.767. The highest BCUT2D eigenvalue weighted by Crippen LogP contribution is 2.35. The molecule has 3 rings (SSSR count). The van der Waals surface area contributed by atoms with E-state index in [2.05, 4.69) is 17.1 Å². The SMILES string of the molecule is CC1CCNC(CN(CC2CC2)C2CC2)C1. The normalized spacial score (nSPS) is 35.6. The maximum Gasteiger partial charge on any atom is 0.0197 e. The Labute approximate surface area is 99.8 Å². The summed E-state index contributed by atoms with van der Waals surface area (Å²) in [6.45, 7) is 6.38. The van der Waals surface area contributed by atoms with Gasteiger partial charge >= 0.3 is 0 Å². The summed E-state index contributed by atoms with van der Waals surface area (Å²) in [6, 6.07) is 1.74. The first-order chi connectivity index (χ1) is 7.81. The van der Waals surface area contributed by atoms with E-state index in [1.54, 1.807) is 0 Å². The molecular formula is C14H26N2. The molecule has 0 spiro atoms. The van der Waals surface area contributed by atoms with Crippen molar-refractivity contribution >= 4 is 0 Å². The van der Waals surface area contributed by atoms with Gasteiger partial charge in [-0.25, -0.2) is 0 Å². The van der Waals surface area contributed by atoms with Crippen LogP contribution in [0.4, 0.5) is 0 Å². The smallest absolute Gasteiger partial charge is 0.0197 e.